The van der Waals surface area contributed by atoms with Crippen molar-refractivity contribution in [3.63, 3.8) is 0 Å². The third-order valence-corrected chi connectivity index (χ3v) is 3.43. The van der Waals surface area contributed by atoms with Crippen LogP contribution in [0.15, 0.2) is 18.2 Å². The molecule has 20 heavy (non-hydrogen) atoms. The molecule has 1 aromatic rings. The van der Waals surface area contributed by atoms with Gasteiger partial charge in [-0.25, -0.2) is 0 Å². The minimum atomic E-state index is -2.99. The summed E-state index contributed by atoms with van der Waals surface area (Å²) in [7, 11) is 0. The number of amides is 1. The maximum atomic E-state index is 12.4. The molecule has 1 aliphatic rings. The Morgan fingerprint density at radius 3 is 2.80 bits per heavy atom. The highest BCUT2D eigenvalue weighted by Gasteiger charge is 2.25. The van der Waals surface area contributed by atoms with Gasteiger partial charge in [-0.2, -0.15) is 8.78 Å². The molecule has 1 saturated heterocycles. The number of alkyl halides is 2. The molecule has 1 unspecified atom stereocenters. The number of aromatic hydroxyl groups is 1. The largest absolute Gasteiger partial charge is 0.508 e. The van der Waals surface area contributed by atoms with Crippen LogP contribution in [-0.4, -0.2) is 35.1 Å². The third kappa shape index (κ3) is 3.37. The lowest BCUT2D eigenvalue weighted by Crippen LogP contribution is -2.42. The molecule has 4 nitrogen and oxygen atoms in total. The fourth-order valence-electron chi connectivity index (χ4n) is 2.44. The molecule has 0 aromatic heterocycles. The normalized spacial score (nSPS) is 19.2. The number of benzene rings is 1. The summed E-state index contributed by atoms with van der Waals surface area (Å²) in [6, 6.07) is 3.66. The lowest BCUT2D eigenvalue weighted by Gasteiger charge is -2.33. The number of carbonyl (C=O) groups is 1. The van der Waals surface area contributed by atoms with E-state index in [2.05, 4.69) is 4.74 Å². The van der Waals surface area contributed by atoms with E-state index in [4.69, 9.17) is 0 Å². The van der Waals surface area contributed by atoms with Crippen molar-refractivity contribution in [3.8, 4) is 11.5 Å². The van der Waals surface area contributed by atoms with Gasteiger partial charge < -0.3 is 14.7 Å². The molecule has 0 spiro atoms. The Balaban J connectivity index is 2.22. The Hall–Kier alpha value is -1.85. The smallest absolute Gasteiger partial charge is 0.387 e. The lowest BCUT2D eigenvalue weighted by molar-refractivity contribution is -0.0499. The summed E-state index contributed by atoms with van der Waals surface area (Å²) in [6.07, 6.45) is 2.92. The molecule has 2 rings (SSSR count). The summed E-state index contributed by atoms with van der Waals surface area (Å²) in [5, 5.41) is 9.52. The average molecular weight is 285 g/mol. The first-order valence-corrected chi connectivity index (χ1v) is 6.57. The van der Waals surface area contributed by atoms with Crippen LogP contribution in [0.25, 0.3) is 0 Å². The molecule has 1 aliphatic heterocycles. The molecule has 1 aromatic carbocycles. The Bertz CT molecular complexity index is 493. The molecule has 1 heterocycles. The SMILES string of the molecule is CC1CCCCN1C(=O)c1cc(O)cc(OC(F)F)c1. The number of hydrogen-bond donors (Lipinski definition) is 1. The minimum absolute atomic E-state index is 0.109. The Morgan fingerprint density at radius 2 is 2.15 bits per heavy atom. The quantitative estimate of drug-likeness (QED) is 0.928. The molecular weight excluding hydrogens is 268 g/mol. The zero-order chi connectivity index (χ0) is 14.7. The number of halogens is 2. The van der Waals surface area contributed by atoms with Crippen molar-refractivity contribution in [1.29, 1.82) is 0 Å². The molecule has 1 fully saturated rings. The van der Waals surface area contributed by atoms with E-state index in [0.29, 0.717) is 6.54 Å². The predicted octanol–water partition coefficient (Wildman–Crippen LogP) is 3.01. The van der Waals surface area contributed by atoms with Gasteiger partial charge in [-0.15, -0.1) is 0 Å². The van der Waals surface area contributed by atoms with E-state index in [1.807, 2.05) is 6.92 Å². The van der Waals surface area contributed by atoms with E-state index in [1.54, 1.807) is 4.90 Å². The second kappa shape index (κ2) is 6.07. The van der Waals surface area contributed by atoms with E-state index in [1.165, 1.54) is 12.1 Å². The molecule has 1 atom stereocenters. The monoisotopic (exact) mass is 285 g/mol. The van der Waals surface area contributed by atoms with Crippen LogP contribution in [-0.2, 0) is 0 Å². The highest BCUT2D eigenvalue weighted by molar-refractivity contribution is 5.95. The van der Waals surface area contributed by atoms with Crippen LogP contribution in [0.2, 0.25) is 0 Å². The molecule has 1 N–H and O–H groups in total. The number of phenolic OH excluding ortho intramolecular Hbond substituents is 1. The molecule has 1 amide bonds. The fraction of sp³-hybridized carbons (Fsp3) is 0.500. The highest BCUT2D eigenvalue weighted by Crippen LogP contribution is 2.26. The van der Waals surface area contributed by atoms with Gasteiger partial charge in [-0.05, 0) is 38.3 Å². The molecule has 0 bridgehead atoms. The van der Waals surface area contributed by atoms with Crippen molar-refractivity contribution in [2.75, 3.05) is 6.54 Å². The molecule has 0 saturated carbocycles. The lowest BCUT2D eigenvalue weighted by atomic mass is 10.0. The standard InChI is InChI=1S/C14H17F2NO3/c1-9-4-2-3-5-17(9)13(19)10-6-11(18)8-12(7-10)20-14(15)16/h6-9,14,18H,2-5H2,1H3. The minimum Gasteiger partial charge on any atom is -0.508 e. The fourth-order valence-corrected chi connectivity index (χ4v) is 2.44. The van der Waals surface area contributed by atoms with Gasteiger partial charge in [0, 0.05) is 24.2 Å². The van der Waals surface area contributed by atoms with Gasteiger partial charge in [0.1, 0.15) is 11.5 Å². The number of likely N-dealkylation sites (tertiary alicyclic amines) is 1. The maximum absolute atomic E-state index is 12.4. The number of piperidine rings is 1. The van der Waals surface area contributed by atoms with E-state index >= 15 is 0 Å². The number of carbonyl (C=O) groups excluding carboxylic acids is 1. The second-order valence-corrected chi connectivity index (χ2v) is 4.94. The Morgan fingerprint density at radius 1 is 1.40 bits per heavy atom. The number of rotatable bonds is 3. The summed E-state index contributed by atoms with van der Waals surface area (Å²) >= 11 is 0. The van der Waals surface area contributed by atoms with Crippen LogP contribution in [0.1, 0.15) is 36.5 Å². The topological polar surface area (TPSA) is 49.8 Å². The summed E-state index contributed by atoms with van der Waals surface area (Å²) < 4.78 is 28.6. The second-order valence-electron chi connectivity index (χ2n) is 4.94. The molecule has 110 valence electrons. The zero-order valence-electron chi connectivity index (χ0n) is 11.2. The van der Waals surface area contributed by atoms with Crippen molar-refractivity contribution >= 4 is 5.91 Å². The van der Waals surface area contributed by atoms with Crippen LogP contribution in [0.3, 0.4) is 0 Å². The van der Waals surface area contributed by atoms with E-state index < -0.39 is 6.61 Å². The Kier molecular flexibility index (Phi) is 4.42. The van der Waals surface area contributed by atoms with Gasteiger partial charge in [-0.3, -0.25) is 4.79 Å². The first-order chi connectivity index (χ1) is 9.47. The van der Waals surface area contributed by atoms with Crippen molar-refractivity contribution < 1.29 is 23.4 Å². The van der Waals surface area contributed by atoms with E-state index in [0.717, 1.165) is 25.3 Å². The summed E-state index contributed by atoms with van der Waals surface area (Å²) in [6.45, 7) is -0.398. The molecular formula is C14H17F2NO3. The number of hydrogen-bond acceptors (Lipinski definition) is 3. The van der Waals surface area contributed by atoms with Crippen LogP contribution < -0.4 is 4.74 Å². The third-order valence-electron chi connectivity index (χ3n) is 3.43. The number of phenols is 1. The van der Waals surface area contributed by atoms with Gasteiger partial charge in [0.25, 0.3) is 5.91 Å². The van der Waals surface area contributed by atoms with Crippen molar-refractivity contribution in [1.82, 2.24) is 4.90 Å². The van der Waals surface area contributed by atoms with E-state index in [-0.39, 0.29) is 29.0 Å². The van der Waals surface area contributed by atoms with Crippen molar-refractivity contribution in [3.05, 3.63) is 23.8 Å². The van der Waals surface area contributed by atoms with Gasteiger partial charge in [-0.1, -0.05) is 0 Å². The highest BCUT2D eigenvalue weighted by atomic mass is 19.3. The van der Waals surface area contributed by atoms with E-state index in [9.17, 15) is 18.7 Å². The summed E-state index contributed by atoms with van der Waals surface area (Å²) in [5.41, 5.74) is 0.161. The molecule has 0 radical (unpaired) electrons. The van der Waals surface area contributed by atoms with Gasteiger partial charge in [0.15, 0.2) is 0 Å². The first kappa shape index (κ1) is 14.6. The summed E-state index contributed by atoms with van der Waals surface area (Å²) in [5.74, 6) is -0.753. The van der Waals surface area contributed by atoms with Gasteiger partial charge in [0.05, 0.1) is 0 Å². The zero-order valence-corrected chi connectivity index (χ0v) is 11.2. The van der Waals surface area contributed by atoms with Crippen LogP contribution in [0, 0.1) is 0 Å². The van der Waals surface area contributed by atoms with Crippen molar-refractivity contribution in [2.45, 2.75) is 38.8 Å². The predicted molar refractivity (Wildman–Crippen MR) is 69.1 cm³/mol. The number of ether oxygens (including phenoxy) is 1. The molecule has 0 aliphatic carbocycles. The maximum Gasteiger partial charge on any atom is 0.387 e. The van der Waals surface area contributed by atoms with Crippen LogP contribution in [0.4, 0.5) is 8.78 Å². The molecule has 6 heteroatoms. The van der Waals surface area contributed by atoms with Gasteiger partial charge >= 0.3 is 6.61 Å². The van der Waals surface area contributed by atoms with Crippen LogP contribution in [0.5, 0.6) is 11.5 Å². The van der Waals surface area contributed by atoms with Crippen LogP contribution >= 0.6 is 0 Å². The Labute approximate surface area is 116 Å². The summed E-state index contributed by atoms with van der Waals surface area (Å²) in [4.78, 5) is 14.1. The first-order valence-electron chi connectivity index (χ1n) is 6.57. The van der Waals surface area contributed by atoms with Crippen molar-refractivity contribution in [2.24, 2.45) is 0 Å². The average Bonchev–Trinajstić information content (AvgIpc) is 2.37. The van der Waals surface area contributed by atoms with Gasteiger partial charge in [0.2, 0.25) is 0 Å². The number of nitrogens with zero attached hydrogens (tertiary/aromatic N) is 1.